The van der Waals surface area contributed by atoms with Gasteiger partial charge in [-0.15, -0.1) is 0 Å². The van der Waals surface area contributed by atoms with Gasteiger partial charge in [-0.25, -0.2) is 0 Å². The minimum atomic E-state index is 0.973. The lowest BCUT2D eigenvalue weighted by Crippen LogP contribution is -2.20. The fourth-order valence-electron chi connectivity index (χ4n) is 5.08. The second kappa shape index (κ2) is 1.00. The Hall–Kier alpha value is 0. The monoisotopic (exact) mass is 134 g/mol. The largest absolute Gasteiger partial charge is 0.0475 e. The molecule has 0 amide bonds. The van der Waals surface area contributed by atoms with Gasteiger partial charge < -0.3 is 0 Å². The number of hydrogen-bond acceptors (Lipinski definition) is 0. The lowest BCUT2D eigenvalue weighted by Gasteiger charge is -2.31. The Bertz CT molecular complexity index is 182. The first-order valence-electron chi connectivity index (χ1n) is 4.82. The molecule has 0 heteroatoms. The van der Waals surface area contributed by atoms with Gasteiger partial charge in [0.05, 0.1) is 0 Å². The Kier molecular flexibility index (Phi) is 0.479. The first-order valence-corrected chi connectivity index (χ1v) is 4.82. The maximum atomic E-state index is 1.65. The molecule has 0 aromatic rings. The Balaban J connectivity index is 1.96. The van der Waals surface area contributed by atoms with Crippen molar-refractivity contribution in [2.45, 2.75) is 38.5 Å². The molecule has 0 nitrogen and oxygen atoms in total. The van der Waals surface area contributed by atoms with Gasteiger partial charge in [0.25, 0.3) is 0 Å². The van der Waals surface area contributed by atoms with E-state index in [4.69, 9.17) is 0 Å². The van der Waals surface area contributed by atoms with Gasteiger partial charge in [-0.2, -0.15) is 0 Å². The van der Waals surface area contributed by atoms with Crippen LogP contribution in [0.3, 0.4) is 0 Å². The molecule has 5 saturated carbocycles. The highest BCUT2D eigenvalue weighted by atomic mass is 14.8. The van der Waals surface area contributed by atoms with E-state index in [1.165, 1.54) is 11.8 Å². The Morgan fingerprint density at radius 3 is 1.70 bits per heavy atom. The zero-order chi connectivity index (χ0) is 6.40. The summed E-state index contributed by atoms with van der Waals surface area (Å²) >= 11 is 0. The predicted octanol–water partition coefficient (Wildman–Crippen LogP) is 2.59. The normalized spacial score (nSPS) is 74.4. The molecule has 4 bridgehead atoms. The Labute approximate surface area is 62.0 Å². The molecule has 5 aliphatic rings. The molecule has 0 saturated heterocycles. The molecule has 5 rings (SSSR count). The molecule has 0 aromatic heterocycles. The highest BCUT2D eigenvalue weighted by molar-refractivity contribution is 5.27. The fraction of sp³-hybridized carbons (Fsp3) is 1.00. The summed E-state index contributed by atoms with van der Waals surface area (Å²) in [6, 6.07) is 0. The molecule has 5 aliphatic carbocycles. The summed E-state index contributed by atoms with van der Waals surface area (Å²) in [4.78, 5) is 0. The molecule has 0 radical (unpaired) electrons. The summed E-state index contributed by atoms with van der Waals surface area (Å²) in [5.74, 6) is 2.39. The summed E-state index contributed by atoms with van der Waals surface area (Å²) in [6.45, 7) is 0. The number of rotatable bonds is 0. The van der Waals surface area contributed by atoms with E-state index in [1.807, 2.05) is 0 Å². The average molecular weight is 134 g/mol. The number of hydrogen-bond donors (Lipinski definition) is 0. The molecular weight excluding hydrogens is 120 g/mol. The van der Waals surface area contributed by atoms with Crippen molar-refractivity contribution in [2.24, 2.45) is 22.7 Å². The summed E-state index contributed by atoms with van der Waals surface area (Å²) in [5, 5.41) is 0. The third kappa shape index (κ3) is 0.286. The third-order valence-corrected chi connectivity index (χ3v) is 5.06. The predicted molar refractivity (Wildman–Crippen MR) is 39.5 cm³/mol. The van der Waals surface area contributed by atoms with Crippen molar-refractivity contribution in [3.05, 3.63) is 0 Å². The Morgan fingerprint density at radius 2 is 1.30 bits per heavy atom. The summed E-state index contributed by atoms with van der Waals surface area (Å²) in [7, 11) is 0. The third-order valence-electron chi connectivity index (χ3n) is 5.06. The van der Waals surface area contributed by atoms with Gasteiger partial charge >= 0.3 is 0 Å². The topological polar surface area (TPSA) is 0 Å². The van der Waals surface area contributed by atoms with Crippen LogP contribution in [0, 0.1) is 22.7 Å². The van der Waals surface area contributed by atoms with E-state index in [0.717, 1.165) is 10.8 Å². The quantitative estimate of drug-likeness (QED) is 0.477. The van der Waals surface area contributed by atoms with Crippen molar-refractivity contribution in [3.63, 3.8) is 0 Å². The zero-order valence-electron chi connectivity index (χ0n) is 6.40. The van der Waals surface area contributed by atoms with Gasteiger partial charge in [-0.05, 0) is 61.2 Å². The summed E-state index contributed by atoms with van der Waals surface area (Å²) in [6.07, 6.45) is 9.83. The van der Waals surface area contributed by atoms with Gasteiger partial charge in [0, 0.05) is 0 Å². The van der Waals surface area contributed by atoms with Crippen molar-refractivity contribution >= 4 is 0 Å². The molecule has 0 aromatic carbocycles. The second-order valence-electron chi connectivity index (χ2n) is 5.52. The first-order chi connectivity index (χ1) is 4.82. The van der Waals surface area contributed by atoms with Crippen molar-refractivity contribution in [3.8, 4) is 0 Å². The molecule has 0 aliphatic heterocycles. The van der Waals surface area contributed by atoms with E-state index in [2.05, 4.69) is 0 Å². The van der Waals surface area contributed by atoms with Crippen molar-refractivity contribution in [1.82, 2.24) is 0 Å². The summed E-state index contributed by atoms with van der Waals surface area (Å²) in [5.41, 5.74) is 1.95. The van der Waals surface area contributed by atoms with Crippen LogP contribution in [0.1, 0.15) is 38.5 Å². The first kappa shape index (κ1) is 4.79. The van der Waals surface area contributed by atoms with E-state index in [0.29, 0.717) is 0 Å². The van der Waals surface area contributed by atoms with Crippen LogP contribution in [0.25, 0.3) is 0 Å². The lowest BCUT2D eigenvalue weighted by molar-refractivity contribution is 0.199. The average Bonchev–Trinajstić information content (AvgIpc) is 2.18. The smallest absolute Gasteiger partial charge is 0.0230 e. The van der Waals surface area contributed by atoms with Crippen LogP contribution in [0.2, 0.25) is 0 Å². The molecular formula is C10H14. The Morgan fingerprint density at radius 1 is 0.800 bits per heavy atom. The minimum absolute atomic E-state index is 0.973. The molecule has 54 valence electrons. The van der Waals surface area contributed by atoms with Crippen LogP contribution in [-0.4, -0.2) is 0 Å². The van der Waals surface area contributed by atoms with Gasteiger partial charge in [0.2, 0.25) is 0 Å². The van der Waals surface area contributed by atoms with Crippen LogP contribution in [0.15, 0.2) is 0 Å². The van der Waals surface area contributed by atoms with Crippen LogP contribution in [-0.2, 0) is 0 Å². The van der Waals surface area contributed by atoms with Gasteiger partial charge in [-0.3, -0.25) is 0 Å². The molecule has 0 N–H and O–H groups in total. The highest BCUT2D eigenvalue weighted by Gasteiger charge is 2.77. The molecule has 0 atom stereocenters. The lowest BCUT2D eigenvalue weighted by atomic mass is 9.74. The van der Waals surface area contributed by atoms with E-state index in [9.17, 15) is 0 Å². The minimum Gasteiger partial charge on any atom is -0.0475 e. The molecule has 10 heavy (non-hydrogen) atoms. The molecule has 0 unspecified atom stereocenters. The second-order valence-corrected chi connectivity index (χ2v) is 5.52. The molecule has 2 spiro atoms. The van der Waals surface area contributed by atoms with Gasteiger partial charge in [0.1, 0.15) is 0 Å². The van der Waals surface area contributed by atoms with Crippen LogP contribution in [0.5, 0.6) is 0 Å². The van der Waals surface area contributed by atoms with Crippen LogP contribution >= 0.6 is 0 Å². The highest BCUT2D eigenvalue weighted by Crippen LogP contribution is 2.87. The van der Waals surface area contributed by atoms with E-state index in [-0.39, 0.29) is 0 Å². The van der Waals surface area contributed by atoms with E-state index in [1.54, 1.807) is 38.5 Å². The van der Waals surface area contributed by atoms with Crippen molar-refractivity contribution in [1.29, 1.82) is 0 Å². The van der Waals surface area contributed by atoms with Crippen LogP contribution in [0.4, 0.5) is 0 Å². The summed E-state index contributed by atoms with van der Waals surface area (Å²) < 4.78 is 0. The van der Waals surface area contributed by atoms with Crippen molar-refractivity contribution < 1.29 is 0 Å². The SMILES string of the molecule is C1C2CC34CC1CC3(C2)C4. The van der Waals surface area contributed by atoms with E-state index >= 15 is 0 Å². The maximum absolute atomic E-state index is 1.65. The fourth-order valence-corrected chi connectivity index (χ4v) is 5.08. The van der Waals surface area contributed by atoms with Crippen molar-refractivity contribution in [2.75, 3.05) is 0 Å². The standard InChI is InChI=1S/C10H14/c1-7-2-9-4-8(1)5-10(9,3-7)6-9/h7-8H,1-6H2. The maximum Gasteiger partial charge on any atom is -0.0230 e. The van der Waals surface area contributed by atoms with E-state index < -0.39 is 0 Å². The zero-order valence-corrected chi connectivity index (χ0v) is 6.40. The van der Waals surface area contributed by atoms with Crippen LogP contribution < -0.4 is 0 Å². The van der Waals surface area contributed by atoms with Gasteiger partial charge in [0.15, 0.2) is 0 Å². The van der Waals surface area contributed by atoms with Gasteiger partial charge in [-0.1, -0.05) is 0 Å². The molecule has 0 heterocycles. The molecule has 5 fully saturated rings.